The molecule has 1 heterocycles. The molecule has 0 aromatic rings. The topological polar surface area (TPSA) is 66.8 Å². The van der Waals surface area contributed by atoms with Gasteiger partial charge in [-0.25, -0.2) is 9.59 Å². The number of hydrogen-bond acceptors (Lipinski definition) is 3. The number of nitrogens with zero attached hydrogens (tertiary/aromatic N) is 1. The number of likely N-dealkylation sites (N-methyl/N-ethyl adjacent to an activating group) is 1. The maximum Gasteiger partial charge on any atom is 0.410 e. The summed E-state index contributed by atoms with van der Waals surface area (Å²) >= 11 is 0. The lowest BCUT2D eigenvalue weighted by Gasteiger charge is -2.25. The fourth-order valence-corrected chi connectivity index (χ4v) is 1.21. The van der Waals surface area contributed by atoms with Crippen LogP contribution in [-0.4, -0.2) is 40.8 Å². The van der Waals surface area contributed by atoms with Crippen LogP contribution < -0.4 is 0 Å². The second-order valence-corrected chi connectivity index (χ2v) is 2.88. The highest BCUT2D eigenvalue weighted by molar-refractivity contribution is 5.86. The first kappa shape index (κ1) is 8.83. The molecule has 0 bridgehead atoms. The van der Waals surface area contributed by atoms with Gasteiger partial charge in [0.2, 0.25) is 0 Å². The SMILES string of the molecule is CCN1C(=O)OCC1(C)C(=O)O. The summed E-state index contributed by atoms with van der Waals surface area (Å²) in [5, 5.41) is 8.82. The average molecular weight is 173 g/mol. The molecular weight excluding hydrogens is 162 g/mol. The van der Waals surface area contributed by atoms with Gasteiger partial charge in [0.15, 0.2) is 5.54 Å². The Balaban J connectivity index is 2.91. The van der Waals surface area contributed by atoms with E-state index in [0.29, 0.717) is 6.54 Å². The Morgan fingerprint density at radius 2 is 2.42 bits per heavy atom. The van der Waals surface area contributed by atoms with E-state index in [9.17, 15) is 9.59 Å². The first-order valence-corrected chi connectivity index (χ1v) is 3.70. The summed E-state index contributed by atoms with van der Waals surface area (Å²) in [4.78, 5) is 22.9. The van der Waals surface area contributed by atoms with Crippen molar-refractivity contribution in [3.63, 3.8) is 0 Å². The molecule has 1 unspecified atom stereocenters. The Bertz CT molecular complexity index is 225. The highest BCUT2D eigenvalue weighted by Gasteiger charge is 2.48. The summed E-state index contributed by atoms with van der Waals surface area (Å²) in [6.07, 6.45) is -0.553. The van der Waals surface area contributed by atoms with E-state index >= 15 is 0 Å². The second kappa shape index (κ2) is 2.66. The molecule has 68 valence electrons. The number of ether oxygens (including phenoxy) is 1. The maximum atomic E-state index is 11.0. The minimum absolute atomic E-state index is 0.0744. The van der Waals surface area contributed by atoms with Crippen molar-refractivity contribution in [3.8, 4) is 0 Å². The zero-order chi connectivity index (χ0) is 9.35. The number of amides is 1. The predicted molar refractivity (Wildman–Crippen MR) is 39.8 cm³/mol. The van der Waals surface area contributed by atoms with Gasteiger partial charge >= 0.3 is 12.1 Å². The Labute approximate surface area is 69.9 Å². The van der Waals surface area contributed by atoms with Gasteiger partial charge in [0.05, 0.1) is 0 Å². The highest BCUT2D eigenvalue weighted by Crippen LogP contribution is 2.23. The number of hydrogen-bond donors (Lipinski definition) is 1. The molecule has 5 heteroatoms. The number of carboxylic acids is 1. The van der Waals surface area contributed by atoms with E-state index in [0.717, 1.165) is 0 Å². The van der Waals surface area contributed by atoms with Gasteiger partial charge in [0.1, 0.15) is 6.61 Å². The van der Waals surface area contributed by atoms with E-state index in [-0.39, 0.29) is 6.61 Å². The van der Waals surface area contributed by atoms with Crippen molar-refractivity contribution in [2.45, 2.75) is 19.4 Å². The molecular formula is C7H11NO4. The van der Waals surface area contributed by atoms with Crippen LogP contribution >= 0.6 is 0 Å². The summed E-state index contributed by atoms with van der Waals surface area (Å²) in [6, 6.07) is 0. The van der Waals surface area contributed by atoms with E-state index in [2.05, 4.69) is 4.74 Å². The van der Waals surface area contributed by atoms with Crippen LogP contribution in [0.25, 0.3) is 0 Å². The van der Waals surface area contributed by atoms with Gasteiger partial charge in [-0.3, -0.25) is 4.90 Å². The molecule has 5 nitrogen and oxygen atoms in total. The van der Waals surface area contributed by atoms with Gasteiger partial charge in [-0.15, -0.1) is 0 Å². The van der Waals surface area contributed by atoms with Crippen LogP contribution in [0.1, 0.15) is 13.8 Å². The number of cyclic esters (lactones) is 1. The van der Waals surface area contributed by atoms with Crippen molar-refractivity contribution < 1.29 is 19.4 Å². The van der Waals surface area contributed by atoms with E-state index < -0.39 is 17.6 Å². The number of rotatable bonds is 2. The zero-order valence-corrected chi connectivity index (χ0v) is 7.03. The molecule has 1 aliphatic heterocycles. The molecule has 0 aromatic heterocycles. The van der Waals surface area contributed by atoms with Gasteiger partial charge in [-0.2, -0.15) is 0 Å². The Morgan fingerprint density at radius 3 is 2.75 bits per heavy atom. The number of carboxylic acid groups (broad SMARTS) is 1. The summed E-state index contributed by atoms with van der Waals surface area (Å²) in [6.45, 7) is 3.47. The molecule has 1 fully saturated rings. The zero-order valence-electron chi connectivity index (χ0n) is 7.03. The van der Waals surface area contributed by atoms with Crippen molar-refractivity contribution in [1.29, 1.82) is 0 Å². The Hall–Kier alpha value is -1.26. The second-order valence-electron chi connectivity index (χ2n) is 2.88. The average Bonchev–Trinajstić information content (AvgIpc) is 2.29. The molecule has 12 heavy (non-hydrogen) atoms. The van der Waals surface area contributed by atoms with Crippen LogP contribution in [0.5, 0.6) is 0 Å². The summed E-state index contributed by atoms with van der Waals surface area (Å²) in [7, 11) is 0. The number of aliphatic carboxylic acids is 1. The minimum atomic E-state index is -1.19. The normalized spacial score (nSPS) is 28.8. The molecule has 1 rings (SSSR count). The molecule has 1 N–H and O–H groups in total. The highest BCUT2D eigenvalue weighted by atomic mass is 16.6. The number of carbonyl (C=O) groups excluding carboxylic acids is 1. The van der Waals surface area contributed by atoms with Gasteiger partial charge in [-0.05, 0) is 13.8 Å². The van der Waals surface area contributed by atoms with E-state index in [1.54, 1.807) is 6.92 Å². The van der Waals surface area contributed by atoms with Gasteiger partial charge < -0.3 is 9.84 Å². The molecule has 1 aliphatic rings. The fraction of sp³-hybridized carbons (Fsp3) is 0.714. The molecule has 1 atom stereocenters. The maximum absolute atomic E-state index is 11.0. The van der Waals surface area contributed by atoms with Crippen LogP contribution in [0.3, 0.4) is 0 Å². The molecule has 0 radical (unpaired) electrons. The van der Waals surface area contributed by atoms with Crippen molar-refractivity contribution in [3.05, 3.63) is 0 Å². The standard InChI is InChI=1S/C7H11NO4/c1-3-8-6(11)12-4-7(8,2)5(9)10/h3-4H2,1-2H3,(H,9,10). The Kier molecular flexibility index (Phi) is 1.95. The molecule has 0 aliphatic carbocycles. The van der Waals surface area contributed by atoms with E-state index in [1.165, 1.54) is 11.8 Å². The third-order valence-corrected chi connectivity index (χ3v) is 2.07. The van der Waals surface area contributed by atoms with Crippen molar-refractivity contribution in [1.82, 2.24) is 4.90 Å². The van der Waals surface area contributed by atoms with Gasteiger partial charge in [-0.1, -0.05) is 0 Å². The predicted octanol–water partition coefficient (Wildman–Crippen LogP) is 0.302. The van der Waals surface area contributed by atoms with E-state index in [1.807, 2.05) is 0 Å². The first-order valence-electron chi connectivity index (χ1n) is 3.70. The lowest BCUT2D eigenvalue weighted by molar-refractivity contribution is -0.147. The lowest BCUT2D eigenvalue weighted by Crippen LogP contribution is -2.50. The van der Waals surface area contributed by atoms with Crippen LogP contribution in [0.2, 0.25) is 0 Å². The van der Waals surface area contributed by atoms with Crippen molar-refractivity contribution in [2.75, 3.05) is 13.2 Å². The van der Waals surface area contributed by atoms with Crippen LogP contribution in [0, 0.1) is 0 Å². The third kappa shape index (κ3) is 1.01. The van der Waals surface area contributed by atoms with Crippen molar-refractivity contribution >= 4 is 12.1 Å². The van der Waals surface area contributed by atoms with Crippen LogP contribution in [-0.2, 0) is 9.53 Å². The quantitative estimate of drug-likeness (QED) is 0.652. The van der Waals surface area contributed by atoms with Gasteiger partial charge in [0, 0.05) is 6.54 Å². The molecule has 1 saturated heterocycles. The fourth-order valence-electron chi connectivity index (χ4n) is 1.21. The lowest BCUT2D eigenvalue weighted by atomic mass is 10.0. The largest absolute Gasteiger partial charge is 0.479 e. The van der Waals surface area contributed by atoms with Gasteiger partial charge in [0.25, 0.3) is 0 Å². The first-order chi connectivity index (χ1) is 5.52. The molecule has 0 aromatic carbocycles. The molecule has 1 amide bonds. The number of carbonyl (C=O) groups is 2. The van der Waals surface area contributed by atoms with Crippen LogP contribution in [0.15, 0.2) is 0 Å². The van der Waals surface area contributed by atoms with Crippen LogP contribution in [0.4, 0.5) is 4.79 Å². The van der Waals surface area contributed by atoms with Crippen molar-refractivity contribution in [2.24, 2.45) is 0 Å². The smallest absolute Gasteiger partial charge is 0.410 e. The molecule has 0 spiro atoms. The summed E-state index contributed by atoms with van der Waals surface area (Å²) in [5.41, 5.74) is -1.19. The third-order valence-electron chi connectivity index (χ3n) is 2.07. The Morgan fingerprint density at radius 1 is 1.83 bits per heavy atom. The summed E-state index contributed by atoms with van der Waals surface area (Å²) < 4.78 is 4.64. The van der Waals surface area contributed by atoms with E-state index in [4.69, 9.17) is 5.11 Å². The minimum Gasteiger partial charge on any atom is -0.479 e. The molecule has 0 saturated carbocycles. The summed E-state index contributed by atoms with van der Waals surface area (Å²) in [5.74, 6) is -1.03. The monoisotopic (exact) mass is 173 g/mol.